The van der Waals surface area contributed by atoms with Crippen LogP contribution in [0.2, 0.25) is 0 Å². The van der Waals surface area contributed by atoms with Crippen LogP contribution >= 0.6 is 0 Å². The smallest absolute Gasteiger partial charge is 0.314 e. The highest BCUT2D eigenvalue weighted by atomic mass is 19.4. The summed E-state index contributed by atoms with van der Waals surface area (Å²) in [5.74, 6) is 0.387. The topological polar surface area (TPSA) is 67.2 Å². The first kappa shape index (κ1) is 27.9. The summed E-state index contributed by atoms with van der Waals surface area (Å²) in [4.78, 5) is 33.7. The maximum Gasteiger partial charge on any atom is 0.416 e. The lowest BCUT2D eigenvalue weighted by atomic mass is 10.1. The normalized spacial score (nSPS) is 12.4. The predicted molar refractivity (Wildman–Crippen MR) is 147 cm³/mol. The van der Waals surface area contributed by atoms with Crippen molar-refractivity contribution < 1.29 is 18.0 Å². The number of para-hydroxylation sites is 1. The van der Waals surface area contributed by atoms with Crippen molar-refractivity contribution in [1.82, 2.24) is 14.5 Å². The van der Waals surface area contributed by atoms with Crippen LogP contribution in [-0.4, -0.2) is 27.0 Å². The Balaban J connectivity index is 1.82. The summed E-state index contributed by atoms with van der Waals surface area (Å²) >= 11 is 0. The van der Waals surface area contributed by atoms with E-state index in [0.29, 0.717) is 41.8 Å². The first-order chi connectivity index (χ1) is 18.7. The van der Waals surface area contributed by atoms with Gasteiger partial charge in [0.2, 0.25) is 0 Å². The van der Waals surface area contributed by atoms with Crippen LogP contribution in [0, 0.1) is 0 Å². The first-order valence-electron chi connectivity index (χ1n) is 13.0. The third kappa shape index (κ3) is 5.97. The van der Waals surface area contributed by atoms with Gasteiger partial charge in [0, 0.05) is 12.2 Å². The number of halogens is 3. The van der Waals surface area contributed by atoms with E-state index < -0.39 is 23.8 Å². The molecule has 4 aromatic rings. The molecule has 39 heavy (non-hydrogen) atoms. The Morgan fingerprint density at radius 3 is 2.36 bits per heavy atom. The highest BCUT2D eigenvalue weighted by Gasteiger charge is 2.32. The number of rotatable bonds is 8. The molecule has 0 aliphatic carbocycles. The zero-order chi connectivity index (χ0) is 28.2. The number of alkyl halides is 3. The number of carbonyl (C=O) groups is 1. The van der Waals surface area contributed by atoms with Gasteiger partial charge in [-0.3, -0.25) is 9.36 Å². The van der Waals surface area contributed by atoms with Gasteiger partial charge in [-0.05, 0) is 67.3 Å². The molecular weight excluding hydrogens is 505 g/mol. The number of carbonyl (C=O) groups excluding carboxylic acids is 1. The zero-order valence-electron chi connectivity index (χ0n) is 22.1. The van der Waals surface area contributed by atoms with E-state index in [0.717, 1.165) is 24.1 Å². The van der Waals surface area contributed by atoms with Crippen LogP contribution in [0.3, 0.4) is 0 Å². The molecule has 0 aliphatic heterocycles. The molecule has 1 atom stereocenters. The molecule has 0 saturated heterocycles. The summed E-state index contributed by atoms with van der Waals surface area (Å²) in [6.07, 6.45) is -2.67. The molecule has 3 aromatic carbocycles. The van der Waals surface area contributed by atoms with Crippen LogP contribution in [0.1, 0.15) is 56.6 Å². The van der Waals surface area contributed by atoms with Crippen molar-refractivity contribution in [1.29, 1.82) is 0 Å². The molecule has 4 rings (SSSR count). The van der Waals surface area contributed by atoms with Gasteiger partial charge in [-0.1, -0.05) is 51.1 Å². The number of nitrogens with zero attached hydrogens (tertiary/aromatic N) is 3. The fourth-order valence-corrected chi connectivity index (χ4v) is 4.65. The van der Waals surface area contributed by atoms with E-state index in [-0.39, 0.29) is 11.2 Å². The monoisotopic (exact) mass is 536 g/mol. The minimum absolute atomic E-state index is 0.0322. The molecule has 1 unspecified atom stereocenters. The summed E-state index contributed by atoms with van der Waals surface area (Å²) < 4.78 is 41.3. The van der Waals surface area contributed by atoms with Crippen LogP contribution in [0.25, 0.3) is 16.6 Å². The fourth-order valence-electron chi connectivity index (χ4n) is 4.65. The maximum atomic E-state index is 13.8. The van der Waals surface area contributed by atoms with Gasteiger partial charge >= 0.3 is 12.2 Å². The number of urea groups is 1. The number of anilines is 1. The Hall–Kier alpha value is -4.14. The quantitative estimate of drug-likeness (QED) is 0.256. The summed E-state index contributed by atoms with van der Waals surface area (Å²) in [5, 5.41) is 3.07. The van der Waals surface area contributed by atoms with Gasteiger partial charge in [0.1, 0.15) is 5.82 Å². The van der Waals surface area contributed by atoms with Crippen molar-refractivity contribution in [2.24, 2.45) is 0 Å². The van der Waals surface area contributed by atoms with Crippen LogP contribution in [0.15, 0.2) is 77.6 Å². The molecule has 6 nitrogen and oxygen atoms in total. The molecule has 0 spiro atoms. The number of amides is 2. The van der Waals surface area contributed by atoms with E-state index in [1.54, 1.807) is 24.3 Å². The number of nitrogens with one attached hydrogen (secondary N) is 1. The SMILES string of the molecule is CCCN(C(=O)Nc1cccc(C(F)(F)F)c1)C(CC)c1nc2ccccc2c(=O)n1-c1ccc(CC)cc1. The van der Waals surface area contributed by atoms with Crippen molar-refractivity contribution in [2.45, 2.75) is 52.3 Å². The van der Waals surface area contributed by atoms with Gasteiger partial charge in [-0.15, -0.1) is 0 Å². The Morgan fingerprint density at radius 1 is 1.00 bits per heavy atom. The Bertz CT molecular complexity index is 1510. The molecule has 204 valence electrons. The van der Waals surface area contributed by atoms with Crippen LogP contribution in [0.5, 0.6) is 0 Å². The number of aryl methyl sites for hydroxylation is 1. The van der Waals surface area contributed by atoms with E-state index in [9.17, 15) is 22.8 Å². The number of benzene rings is 3. The summed E-state index contributed by atoms with van der Waals surface area (Å²) in [6, 6.07) is 18.0. The highest BCUT2D eigenvalue weighted by Crippen LogP contribution is 2.31. The summed E-state index contributed by atoms with van der Waals surface area (Å²) in [6.45, 7) is 6.14. The van der Waals surface area contributed by atoms with E-state index in [1.807, 2.05) is 45.0 Å². The average molecular weight is 537 g/mol. The third-order valence-corrected chi connectivity index (χ3v) is 6.63. The first-order valence-corrected chi connectivity index (χ1v) is 13.0. The number of aromatic nitrogens is 2. The van der Waals surface area contributed by atoms with E-state index in [1.165, 1.54) is 21.6 Å². The van der Waals surface area contributed by atoms with E-state index >= 15 is 0 Å². The van der Waals surface area contributed by atoms with Gasteiger partial charge in [0.25, 0.3) is 5.56 Å². The number of fused-ring (bicyclic) bond motifs is 1. The molecule has 1 heterocycles. The van der Waals surface area contributed by atoms with Gasteiger partial charge in [-0.25, -0.2) is 9.78 Å². The maximum absolute atomic E-state index is 13.8. The van der Waals surface area contributed by atoms with Crippen LogP contribution < -0.4 is 10.9 Å². The second-order valence-electron chi connectivity index (χ2n) is 9.27. The lowest BCUT2D eigenvalue weighted by molar-refractivity contribution is -0.137. The van der Waals surface area contributed by atoms with Crippen LogP contribution in [-0.2, 0) is 12.6 Å². The predicted octanol–water partition coefficient (Wildman–Crippen LogP) is 7.36. The second-order valence-corrected chi connectivity index (χ2v) is 9.27. The fraction of sp³-hybridized carbons (Fsp3) is 0.300. The lowest BCUT2D eigenvalue weighted by Crippen LogP contribution is -2.41. The van der Waals surface area contributed by atoms with Gasteiger partial charge in [-0.2, -0.15) is 13.2 Å². The number of hydrogen-bond donors (Lipinski definition) is 1. The third-order valence-electron chi connectivity index (χ3n) is 6.63. The molecule has 0 radical (unpaired) electrons. The Labute approximate surface area is 225 Å². The van der Waals surface area contributed by atoms with Gasteiger partial charge < -0.3 is 10.2 Å². The minimum Gasteiger partial charge on any atom is -0.314 e. The molecule has 2 amide bonds. The van der Waals surface area contributed by atoms with Gasteiger partial charge in [0.15, 0.2) is 0 Å². The molecule has 0 bridgehead atoms. The molecular formula is C30H31F3N4O2. The second kappa shape index (κ2) is 11.7. The van der Waals surface area contributed by atoms with Crippen molar-refractivity contribution in [3.05, 3.63) is 100 Å². The molecule has 0 saturated carbocycles. The standard InChI is InChI=1S/C30H31F3N4O2/c1-4-18-36(29(39)34-22-11-9-10-21(19-22)30(31,32)33)26(6-3)27-35-25-13-8-7-12-24(25)28(38)37(27)23-16-14-20(5-2)15-17-23/h7-17,19,26H,4-6,18H2,1-3H3,(H,34,39). The van der Waals surface area contributed by atoms with Crippen molar-refractivity contribution in [3.63, 3.8) is 0 Å². The summed E-state index contributed by atoms with van der Waals surface area (Å²) in [5.41, 5.74) is 1.17. The average Bonchev–Trinajstić information content (AvgIpc) is 2.93. The van der Waals surface area contributed by atoms with Crippen molar-refractivity contribution in [2.75, 3.05) is 11.9 Å². The lowest BCUT2D eigenvalue weighted by Gasteiger charge is -2.32. The largest absolute Gasteiger partial charge is 0.416 e. The molecule has 9 heteroatoms. The van der Waals surface area contributed by atoms with E-state index in [4.69, 9.17) is 4.98 Å². The summed E-state index contributed by atoms with van der Waals surface area (Å²) in [7, 11) is 0. The Morgan fingerprint density at radius 2 is 1.72 bits per heavy atom. The molecule has 0 fully saturated rings. The van der Waals surface area contributed by atoms with Crippen LogP contribution in [0.4, 0.5) is 23.7 Å². The molecule has 0 aliphatic rings. The highest BCUT2D eigenvalue weighted by molar-refractivity contribution is 5.89. The minimum atomic E-state index is -4.53. The number of hydrogen-bond acceptors (Lipinski definition) is 3. The Kier molecular flexibility index (Phi) is 8.38. The van der Waals surface area contributed by atoms with Crippen molar-refractivity contribution >= 4 is 22.6 Å². The molecule has 1 aromatic heterocycles. The van der Waals surface area contributed by atoms with Gasteiger partial charge in [0.05, 0.1) is 28.2 Å². The van der Waals surface area contributed by atoms with E-state index in [2.05, 4.69) is 5.32 Å². The van der Waals surface area contributed by atoms with Crippen molar-refractivity contribution in [3.8, 4) is 5.69 Å². The molecule has 1 N–H and O–H groups in total. The zero-order valence-corrected chi connectivity index (χ0v) is 22.1.